The van der Waals surface area contributed by atoms with E-state index in [0.717, 1.165) is 17.8 Å². The first-order chi connectivity index (χ1) is 7.76. The van der Waals surface area contributed by atoms with E-state index in [0.29, 0.717) is 17.1 Å². The Labute approximate surface area is 94.1 Å². The maximum Gasteiger partial charge on any atom is 0.231 e. The van der Waals surface area contributed by atoms with Crippen LogP contribution >= 0.6 is 0 Å². The van der Waals surface area contributed by atoms with Crippen molar-refractivity contribution in [2.24, 2.45) is 0 Å². The van der Waals surface area contributed by atoms with Crippen LogP contribution < -0.4 is 14.8 Å². The molecule has 0 amide bonds. The van der Waals surface area contributed by atoms with Crippen LogP contribution in [0.3, 0.4) is 0 Å². The highest BCUT2D eigenvalue weighted by molar-refractivity contribution is 5.84. The number of hydrogen-bond donors (Lipinski definition) is 1. The predicted octanol–water partition coefficient (Wildman–Crippen LogP) is 2.38. The number of fused-ring (bicyclic) bond motifs is 1. The van der Waals surface area contributed by atoms with Gasteiger partial charge < -0.3 is 14.8 Å². The number of hydrogen-bond acceptors (Lipinski definition) is 4. The summed E-state index contributed by atoms with van der Waals surface area (Å²) in [6.45, 7) is 6.70. The Bertz CT molecular complexity index is 475. The van der Waals surface area contributed by atoms with Gasteiger partial charge in [-0.2, -0.15) is 5.26 Å². The molecule has 1 N–H and O–H groups in total. The summed E-state index contributed by atoms with van der Waals surface area (Å²) in [6, 6.07) is 5.66. The van der Waals surface area contributed by atoms with Crippen molar-refractivity contribution >= 4 is 11.3 Å². The van der Waals surface area contributed by atoms with Crippen LogP contribution in [0.2, 0.25) is 0 Å². The Morgan fingerprint density at radius 2 is 2.19 bits per heavy atom. The number of nitrogens with zero attached hydrogens (tertiary/aromatic N) is 1. The van der Waals surface area contributed by atoms with Crippen LogP contribution in [0.25, 0.3) is 5.57 Å². The molecule has 1 heterocycles. The monoisotopic (exact) mass is 216 g/mol. The van der Waals surface area contributed by atoms with Crippen molar-refractivity contribution in [3.8, 4) is 17.6 Å². The fourth-order valence-corrected chi connectivity index (χ4v) is 1.59. The number of nitriles is 1. The molecule has 0 aliphatic carbocycles. The van der Waals surface area contributed by atoms with E-state index in [1.54, 1.807) is 6.07 Å². The van der Waals surface area contributed by atoms with Crippen LogP contribution in [-0.4, -0.2) is 13.3 Å². The van der Waals surface area contributed by atoms with Crippen LogP contribution in [0.15, 0.2) is 18.7 Å². The van der Waals surface area contributed by atoms with E-state index in [-0.39, 0.29) is 6.79 Å². The zero-order valence-corrected chi connectivity index (χ0v) is 9.04. The lowest BCUT2D eigenvalue weighted by Gasteiger charge is -2.10. The number of anilines is 1. The topological polar surface area (TPSA) is 54.3 Å². The molecule has 0 spiro atoms. The van der Waals surface area contributed by atoms with E-state index >= 15 is 0 Å². The van der Waals surface area contributed by atoms with Crippen LogP contribution in [0.5, 0.6) is 11.5 Å². The lowest BCUT2D eigenvalue weighted by molar-refractivity contribution is 0.174. The first-order valence-electron chi connectivity index (χ1n) is 5.03. The van der Waals surface area contributed by atoms with Gasteiger partial charge in [-0.3, -0.25) is 0 Å². The smallest absolute Gasteiger partial charge is 0.231 e. The predicted molar refractivity (Wildman–Crippen MR) is 61.4 cm³/mol. The summed E-state index contributed by atoms with van der Waals surface area (Å²) in [5.41, 5.74) is 2.01. The van der Waals surface area contributed by atoms with Crippen LogP contribution in [0.4, 0.5) is 5.69 Å². The Hall–Kier alpha value is -2.15. The van der Waals surface area contributed by atoms with Crippen LogP contribution in [0.1, 0.15) is 12.5 Å². The van der Waals surface area contributed by atoms with E-state index in [1.807, 2.05) is 19.1 Å². The van der Waals surface area contributed by atoms with Crippen molar-refractivity contribution in [1.29, 1.82) is 5.26 Å². The van der Waals surface area contributed by atoms with Crippen molar-refractivity contribution < 1.29 is 9.47 Å². The van der Waals surface area contributed by atoms with Crippen molar-refractivity contribution in [1.82, 2.24) is 0 Å². The van der Waals surface area contributed by atoms with E-state index in [9.17, 15) is 0 Å². The summed E-state index contributed by atoms with van der Waals surface area (Å²) >= 11 is 0. The zero-order chi connectivity index (χ0) is 11.5. The molecule has 2 rings (SSSR count). The molecule has 1 aromatic carbocycles. The minimum Gasteiger partial charge on any atom is -0.454 e. The molecule has 16 heavy (non-hydrogen) atoms. The molecule has 0 saturated carbocycles. The summed E-state index contributed by atoms with van der Waals surface area (Å²) in [5.74, 6) is 1.36. The summed E-state index contributed by atoms with van der Waals surface area (Å²) in [6.07, 6.45) is 0. The Morgan fingerprint density at radius 1 is 1.50 bits per heavy atom. The summed E-state index contributed by atoms with van der Waals surface area (Å²) in [5, 5.41) is 12.1. The Balaban J connectivity index is 2.49. The van der Waals surface area contributed by atoms with Gasteiger partial charge in [0.05, 0.1) is 11.6 Å². The zero-order valence-electron chi connectivity index (χ0n) is 9.04. The normalized spacial score (nSPS) is 12.0. The fraction of sp³-hybridized carbons (Fsp3) is 0.250. The van der Waals surface area contributed by atoms with Gasteiger partial charge in [-0.25, -0.2) is 0 Å². The van der Waals surface area contributed by atoms with Crippen molar-refractivity contribution in [3.05, 3.63) is 24.3 Å². The van der Waals surface area contributed by atoms with E-state index in [2.05, 4.69) is 11.9 Å². The van der Waals surface area contributed by atoms with Gasteiger partial charge in [0.2, 0.25) is 6.79 Å². The molecular weight excluding hydrogens is 204 g/mol. The lowest BCUT2D eigenvalue weighted by Crippen LogP contribution is -2.00. The third-order valence-corrected chi connectivity index (χ3v) is 2.34. The molecule has 0 fully saturated rings. The summed E-state index contributed by atoms with van der Waals surface area (Å²) in [4.78, 5) is 0. The second-order valence-corrected chi connectivity index (χ2v) is 3.37. The molecule has 0 radical (unpaired) electrons. The largest absolute Gasteiger partial charge is 0.454 e. The quantitative estimate of drug-likeness (QED) is 0.788. The van der Waals surface area contributed by atoms with Crippen LogP contribution in [-0.2, 0) is 0 Å². The Kier molecular flexibility index (Phi) is 2.69. The molecule has 0 aromatic heterocycles. The number of ether oxygens (including phenoxy) is 2. The SMILES string of the molecule is C=C(C#N)c1cc2c(cc1NCC)OCO2. The maximum atomic E-state index is 8.88. The number of benzene rings is 1. The number of rotatable bonds is 3. The molecule has 0 unspecified atom stereocenters. The van der Waals surface area contributed by atoms with Gasteiger partial charge in [-0.15, -0.1) is 0 Å². The Morgan fingerprint density at radius 3 is 2.81 bits per heavy atom. The lowest BCUT2D eigenvalue weighted by atomic mass is 10.1. The highest BCUT2D eigenvalue weighted by atomic mass is 16.7. The molecule has 1 aromatic rings. The highest BCUT2D eigenvalue weighted by Crippen LogP contribution is 2.39. The highest BCUT2D eigenvalue weighted by Gasteiger charge is 2.18. The molecule has 82 valence electrons. The standard InChI is InChI=1S/C12H12N2O2/c1-3-14-10-5-12-11(15-7-16-12)4-9(10)8(2)6-13/h4-5,14H,2-3,7H2,1H3. The van der Waals surface area contributed by atoms with Gasteiger partial charge in [0, 0.05) is 23.9 Å². The van der Waals surface area contributed by atoms with Gasteiger partial charge in [0.15, 0.2) is 11.5 Å². The van der Waals surface area contributed by atoms with E-state index in [4.69, 9.17) is 14.7 Å². The molecule has 0 saturated heterocycles. The third kappa shape index (κ3) is 1.68. The average molecular weight is 216 g/mol. The molecule has 0 bridgehead atoms. The average Bonchev–Trinajstić information content (AvgIpc) is 2.74. The van der Waals surface area contributed by atoms with Crippen LogP contribution in [0, 0.1) is 11.3 Å². The van der Waals surface area contributed by atoms with E-state index < -0.39 is 0 Å². The first kappa shape index (κ1) is 10.4. The maximum absolute atomic E-state index is 8.88. The fourth-order valence-electron chi connectivity index (χ4n) is 1.59. The molecule has 4 nitrogen and oxygen atoms in total. The van der Waals surface area contributed by atoms with E-state index in [1.165, 1.54) is 0 Å². The van der Waals surface area contributed by atoms with Gasteiger partial charge in [0.25, 0.3) is 0 Å². The third-order valence-electron chi connectivity index (χ3n) is 2.34. The molecule has 1 aliphatic heterocycles. The van der Waals surface area contributed by atoms with Crippen molar-refractivity contribution in [2.75, 3.05) is 18.7 Å². The number of allylic oxidation sites excluding steroid dienone is 1. The minimum absolute atomic E-state index is 0.226. The van der Waals surface area contributed by atoms with Gasteiger partial charge in [-0.05, 0) is 13.0 Å². The van der Waals surface area contributed by atoms with Gasteiger partial charge in [0.1, 0.15) is 0 Å². The summed E-state index contributed by atoms with van der Waals surface area (Å²) in [7, 11) is 0. The molecule has 4 heteroatoms. The van der Waals surface area contributed by atoms with Crippen molar-refractivity contribution in [2.45, 2.75) is 6.92 Å². The second-order valence-electron chi connectivity index (χ2n) is 3.37. The summed E-state index contributed by atoms with van der Waals surface area (Å²) < 4.78 is 10.5. The molecule has 0 atom stereocenters. The molecule has 1 aliphatic rings. The number of nitrogens with one attached hydrogen (secondary N) is 1. The minimum atomic E-state index is 0.226. The van der Waals surface area contributed by atoms with Gasteiger partial charge >= 0.3 is 0 Å². The first-order valence-corrected chi connectivity index (χ1v) is 5.03. The van der Waals surface area contributed by atoms with Crippen molar-refractivity contribution in [3.63, 3.8) is 0 Å². The second kappa shape index (κ2) is 4.15. The van der Waals surface area contributed by atoms with Gasteiger partial charge in [-0.1, -0.05) is 6.58 Å². The molecular formula is C12H12N2O2.